The highest BCUT2D eigenvalue weighted by atomic mass is 19.3. The number of nitrogens with two attached hydrogens (primary N) is 1. The molecule has 3 fully saturated rings. The predicted molar refractivity (Wildman–Crippen MR) is 117 cm³/mol. The minimum atomic E-state index is -3.00. The van der Waals surface area contributed by atoms with Gasteiger partial charge in [0.2, 0.25) is 0 Å². The number of hydrogen-bond acceptors (Lipinski definition) is 6. The zero-order valence-corrected chi connectivity index (χ0v) is 19.1. The molecule has 0 radical (unpaired) electrons. The molecule has 2 N–H and O–H groups in total. The van der Waals surface area contributed by atoms with Gasteiger partial charge in [-0.1, -0.05) is 0 Å². The van der Waals surface area contributed by atoms with Crippen LogP contribution >= 0.6 is 0 Å². The number of nitrogen functional groups attached to an aromatic ring is 1. The van der Waals surface area contributed by atoms with Crippen molar-refractivity contribution in [1.29, 1.82) is 0 Å². The van der Waals surface area contributed by atoms with Crippen molar-refractivity contribution in [3.63, 3.8) is 0 Å². The molecule has 11 heteroatoms. The first-order valence-electron chi connectivity index (χ1n) is 11.6. The molecule has 0 spiro atoms. The third-order valence-corrected chi connectivity index (χ3v) is 7.20. The van der Waals surface area contributed by atoms with Crippen LogP contribution in [0.1, 0.15) is 44.3 Å². The molecular formula is C23H29F4N5O2. The molecule has 2 unspecified atom stereocenters. The normalized spacial score (nSPS) is 28.8. The van der Waals surface area contributed by atoms with E-state index in [1.807, 2.05) is 29.5 Å². The molecule has 0 aromatic carbocycles. The van der Waals surface area contributed by atoms with Crippen molar-refractivity contribution in [2.24, 2.45) is 11.8 Å². The van der Waals surface area contributed by atoms with Crippen molar-refractivity contribution in [1.82, 2.24) is 19.7 Å². The summed E-state index contributed by atoms with van der Waals surface area (Å²) < 4.78 is 65.0. The van der Waals surface area contributed by atoms with Gasteiger partial charge >= 0.3 is 6.61 Å². The van der Waals surface area contributed by atoms with Crippen LogP contribution < -0.4 is 10.5 Å². The number of nitrogens with zero attached hydrogens (tertiary/aromatic N) is 4. The van der Waals surface area contributed by atoms with Gasteiger partial charge in [0.15, 0.2) is 11.6 Å². The number of ether oxygens (including phenoxy) is 2. The predicted octanol–water partition coefficient (Wildman–Crippen LogP) is 4.17. The zero-order valence-electron chi connectivity index (χ0n) is 19.1. The molecule has 2 aromatic heterocycles. The molecule has 2 atom stereocenters. The maximum absolute atomic E-state index is 14.0. The molecule has 2 aromatic rings. The van der Waals surface area contributed by atoms with Crippen molar-refractivity contribution < 1.29 is 27.0 Å². The first-order valence-corrected chi connectivity index (χ1v) is 11.6. The first kappa shape index (κ1) is 23.3. The van der Waals surface area contributed by atoms with E-state index in [1.165, 1.54) is 12.3 Å². The summed E-state index contributed by atoms with van der Waals surface area (Å²) in [6.07, 6.45) is 3.25. The van der Waals surface area contributed by atoms with E-state index in [0.717, 1.165) is 18.5 Å². The number of rotatable bonds is 6. The van der Waals surface area contributed by atoms with Gasteiger partial charge in [-0.25, -0.2) is 13.8 Å². The number of alkyl halides is 4. The maximum atomic E-state index is 14.0. The molecular weight excluding hydrogens is 454 g/mol. The minimum Gasteiger partial charge on any atom is -0.431 e. The standard InChI is InChI=1S/C23H29F4N5O2/c1-12(2)32-18(8-17(30-32)13-5-19(34-22(24)25)21(28)29-9-13)20-15-6-14(7-16(15)20)31-3-4-33-11-23(26,27)10-31/h5,8-9,12,14-16,20,22H,3-4,6-7,10-11H2,1-2H3,(H2,28,29). The second-order valence-corrected chi connectivity index (χ2v) is 9.84. The molecule has 2 aliphatic carbocycles. The van der Waals surface area contributed by atoms with E-state index in [2.05, 4.69) is 9.72 Å². The third kappa shape index (κ3) is 4.47. The molecule has 7 nitrogen and oxygen atoms in total. The lowest BCUT2D eigenvalue weighted by Crippen LogP contribution is -2.43. The summed E-state index contributed by atoms with van der Waals surface area (Å²) in [5.74, 6) is -1.95. The number of halogens is 4. The lowest BCUT2D eigenvalue weighted by atomic mass is 10.0. The van der Waals surface area contributed by atoms with E-state index in [4.69, 9.17) is 15.6 Å². The Morgan fingerprint density at radius 2 is 1.94 bits per heavy atom. The van der Waals surface area contributed by atoms with Crippen molar-refractivity contribution in [3.05, 3.63) is 24.0 Å². The number of anilines is 1. The van der Waals surface area contributed by atoms with Gasteiger partial charge in [-0.15, -0.1) is 0 Å². The van der Waals surface area contributed by atoms with Crippen LogP contribution in [-0.4, -0.2) is 64.5 Å². The smallest absolute Gasteiger partial charge is 0.387 e. The van der Waals surface area contributed by atoms with E-state index in [9.17, 15) is 17.6 Å². The number of fused-ring (bicyclic) bond motifs is 1. The van der Waals surface area contributed by atoms with Crippen LogP contribution in [0.4, 0.5) is 23.4 Å². The lowest BCUT2D eigenvalue weighted by molar-refractivity contribution is -0.0719. The summed E-state index contributed by atoms with van der Waals surface area (Å²) in [4.78, 5) is 5.88. The van der Waals surface area contributed by atoms with E-state index in [-0.39, 0.29) is 30.2 Å². The molecule has 5 rings (SSSR count). The molecule has 0 amide bonds. The monoisotopic (exact) mass is 483 g/mol. The van der Waals surface area contributed by atoms with Crippen LogP contribution in [0.2, 0.25) is 0 Å². The van der Waals surface area contributed by atoms with Crippen molar-refractivity contribution in [2.75, 3.05) is 32.0 Å². The largest absolute Gasteiger partial charge is 0.431 e. The Hall–Kier alpha value is -2.40. The van der Waals surface area contributed by atoms with Crippen molar-refractivity contribution in [3.8, 4) is 17.0 Å². The lowest BCUT2D eigenvalue weighted by Gasteiger charge is -2.30. The van der Waals surface area contributed by atoms with Crippen molar-refractivity contribution >= 4 is 5.82 Å². The highest BCUT2D eigenvalue weighted by Crippen LogP contribution is 2.64. The van der Waals surface area contributed by atoms with Crippen LogP contribution in [0.5, 0.6) is 5.75 Å². The Bertz CT molecular complexity index is 1030. The molecule has 0 bridgehead atoms. The summed E-state index contributed by atoms with van der Waals surface area (Å²) in [5.41, 5.74) is 7.90. The van der Waals surface area contributed by atoms with E-state index in [0.29, 0.717) is 42.2 Å². The Labute approximate surface area is 195 Å². The van der Waals surface area contributed by atoms with Gasteiger partial charge in [-0.2, -0.15) is 13.9 Å². The Morgan fingerprint density at radius 1 is 1.21 bits per heavy atom. The van der Waals surface area contributed by atoms with Crippen LogP contribution in [0.25, 0.3) is 11.3 Å². The van der Waals surface area contributed by atoms with E-state index >= 15 is 0 Å². The van der Waals surface area contributed by atoms with E-state index < -0.39 is 19.1 Å². The molecule has 2 saturated carbocycles. The summed E-state index contributed by atoms with van der Waals surface area (Å²) in [6.45, 7) is 1.18. The van der Waals surface area contributed by atoms with Gasteiger partial charge in [0.25, 0.3) is 5.92 Å². The van der Waals surface area contributed by atoms with Gasteiger partial charge in [-0.3, -0.25) is 9.58 Å². The summed E-state index contributed by atoms with van der Waals surface area (Å²) in [6, 6.07) is 3.65. The third-order valence-electron chi connectivity index (χ3n) is 7.20. The summed E-state index contributed by atoms with van der Waals surface area (Å²) in [7, 11) is 0. The number of pyridine rings is 1. The minimum absolute atomic E-state index is 0.0980. The highest BCUT2D eigenvalue weighted by Gasteiger charge is 2.59. The molecule has 3 aliphatic rings. The Balaban J connectivity index is 1.34. The van der Waals surface area contributed by atoms with Gasteiger partial charge in [0, 0.05) is 42.0 Å². The average molecular weight is 484 g/mol. The van der Waals surface area contributed by atoms with Gasteiger partial charge in [0.05, 0.1) is 18.8 Å². The summed E-state index contributed by atoms with van der Waals surface area (Å²) >= 11 is 0. The second-order valence-electron chi connectivity index (χ2n) is 9.84. The van der Waals surface area contributed by atoms with E-state index in [1.54, 1.807) is 0 Å². The first-order chi connectivity index (χ1) is 16.1. The van der Waals surface area contributed by atoms with Crippen LogP contribution in [0, 0.1) is 11.8 Å². The quantitative estimate of drug-likeness (QED) is 0.622. The fraction of sp³-hybridized carbons (Fsp3) is 0.652. The Kier molecular flexibility index (Phi) is 5.96. The molecule has 1 saturated heterocycles. The fourth-order valence-electron chi connectivity index (χ4n) is 5.68. The zero-order chi connectivity index (χ0) is 24.2. The highest BCUT2D eigenvalue weighted by molar-refractivity contribution is 5.64. The van der Waals surface area contributed by atoms with Crippen molar-refractivity contribution in [2.45, 2.75) is 57.2 Å². The van der Waals surface area contributed by atoms with Gasteiger partial charge in [-0.05, 0) is 50.7 Å². The number of hydrogen-bond donors (Lipinski definition) is 1. The van der Waals surface area contributed by atoms with Crippen LogP contribution in [0.15, 0.2) is 18.3 Å². The molecule has 34 heavy (non-hydrogen) atoms. The maximum Gasteiger partial charge on any atom is 0.387 e. The molecule has 3 heterocycles. The number of aromatic nitrogens is 3. The fourth-order valence-corrected chi connectivity index (χ4v) is 5.68. The summed E-state index contributed by atoms with van der Waals surface area (Å²) in [5, 5.41) is 4.73. The van der Waals surface area contributed by atoms with Gasteiger partial charge in [0.1, 0.15) is 6.61 Å². The SMILES string of the molecule is CC(C)n1nc(-c2cnc(N)c(OC(F)F)c2)cc1C1C2CC(N3CCOCC(F)(F)C3)CC21. The van der Waals surface area contributed by atoms with Gasteiger partial charge < -0.3 is 15.2 Å². The Morgan fingerprint density at radius 3 is 2.62 bits per heavy atom. The topological polar surface area (TPSA) is 78.4 Å². The van der Waals surface area contributed by atoms with Crippen LogP contribution in [0.3, 0.4) is 0 Å². The van der Waals surface area contributed by atoms with Crippen LogP contribution in [-0.2, 0) is 4.74 Å². The average Bonchev–Trinajstić information content (AvgIpc) is 3.09. The molecule has 1 aliphatic heterocycles. The second kappa shape index (κ2) is 8.67. The molecule has 186 valence electrons.